The highest BCUT2D eigenvalue weighted by atomic mass is 16.5. The number of carbonyl (C=O) groups excluding carboxylic acids is 2. The van der Waals surface area contributed by atoms with Crippen LogP contribution in [0.15, 0.2) is 42.5 Å². The molecule has 152 valence electrons. The molecule has 0 bridgehead atoms. The van der Waals surface area contributed by atoms with Crippen molar-refractivity contribution in [2.75, 3.05) is 13.2 Å². The lowest BCUT2D eigenvalue weighted by Crippen LogP contribution is -2.39. The highest BCUT2D eigenvalue weighted by Crippen LogP contribution is 2.24. The lowest BCUT2D eigenvalue weighted by Gasteiger charge is -2.25. The Bertz CT molecular complexity index is 903. The number of benzene rings is 2. The zero-order chi connectivity index (χ0) is 20.4. The van der Waals surface area contributed by atoms with Gasteiger partial charge in [-0.15, -0.1) is 0 Å². The van der Waals surface area contributed by atoms with Gasteiger partial charge in [-0.3, -0.25) is 9.59 Å². The van der Waals surface area contributed by atoms with Gasteiger partial charge in [0, 0.05) is 23.7 Å². The Hall–Kier alpha value is -2.82. The van der Waals surface area contributed by atoms with Crippen molar-refractivity contribution in [1.29, 1.82) is 0 Å². The second-order valence-corrected chi connectivity index (χ2v) is 8.20. The molecule has 1 saturated heterocycles. The molecule has 2 amide bonds. The molecule has 0 spiro atoms. The third kappa shape index (κ3) is 4.61. The van der Waals surface area contributed by atoms with E-state index in [9.17, 15) is 9.59 Å². The molecule has 0 unspecified atom stereocenters. The second kappa shape index (κ2) is 8.27. The van der Waals surface area contributed by atoms with Crippen molar-refractivity contribution in [3.63, 3.8) is 0 Å². The van der Waals surface area contributed by atoms with Gasteiger partial charge >= 0.3 is 0 Å². The van der Waals surface area contributed by atoms with Crippen LogP contribution in [0.2, 0.25) is 0 Å². The molecule has 0 radical (unpaired) electrons. The van der Waals surface area contributed by atoms with Gasteiger partial charge in [0.1, 0.15) is 12.4 Å². The van der Waals surface area contributed by atoms with Crippen molar-refractivity contribution >= 4 is 11.8 Å². The summed E-state index contributed by atoms with van der Waals surface area (Å²) in [5.74, 6) is 0.781. The summed E-state index contributed by atoms with van der Waals surface area (Å²) in [5, 5.41) is 2.98. The van der Waals surface area contributed by atoms with Crippen molar-refractivity contribution < 1.29 is 14.3 Å². The Kier molecular flexibility index (Phi) is 5.56. The molecule has 1 atom stereocenters. The molecule has 1 aliphatic carbocycles. The van der Waals surface area contributed by atoms with Gasteiger partial charge in [-0.25, -0.2) is 0 Å². The molecule has 0 aromatic heterocycles. The number of rotatable bonds is 6. The number of aryl methyl sites for hydroxylation is 2. The Morgan fingerprint density at radius 1 is 1.07 bits per heavy atom. The quantitative estimate of drug-likeness (QED) is 0.812. The SMILES string of the molecule is Cc1ccc(C)c(C(=O)N2CCC[C@H]2COc2ccc(C(=O)NC3CC3)cc2)c1. The summed E-state index contributed by atoms with van der Waals surface area (Å²) in [6.45, 7) is 5.22. The maximum absolute atomic E-state index is 13.1. The van der Waals surface area contributed by atoms with E-state index in [1.54, 1.807) is 12.1 Å². The molecule has 2 aromatic rings. The molecule has 5 nitrogen and oxygen atoms in total. The van der Waals surface area contributed by atoms with Crippen LogP contribution in [-0.4, -0.2) is 41.9 Å². The second-order valence-electron chi connectivity index (χ2n) is 8.20. The first-order chi connectivity index (χ1) is 14.0. The fraction of sp³-hybridized carbons (Fsp3) is 0.417. The van der Waals surface area contributed by atoms with Crippen LogP contribution in [0.25, 0.3) is 0 Å². The number of amides is 2. The van der Waals surface area contributed by atoms with E-state index in [-0.39, 0.29) is 17.9 Å². The summed E-state index contributed by atoms with van der Waals surface area (Å²) in [6.07, 6.45) is 4.08. The van der Waals surface area contributed by atoms with Crippen LogP contribution in [0.3, 0.4) is 0 Å². The third-order valence-electron chi connectivity index (χ3n) is 5.73. The third-order valence-corrected chi connectivity index (χ3v) is 5.73. The highest BCUT2D eigenvalue weighted by Gasteiger charge is 2.30. The van der Waals surface area contributed by atoms with E-state index in [2.05, 4.69) is 5.32 Å². The van der Waals surface area contributed by atoms with E-state index in [0.29, 0.717) is 18.2 Å². The summed E-state index contributed by atoms with van der Waals surface area (Å²) < 4.78 is 5.96. The van der Waals surface area contributed by atoms with Crippen LogP contribution in [-0.2, 0) is 0 Å². The van der Waals surface area contributed by atoms with Gasteiger partial charge in [0.25, 0.3) is 11.8 Å². The van der Waals surface area contributed by atoms with Crippen LogP contribution in [0.5, 0.6) is 5.75 Å². The van der Waals surface area contributed by atoms with E-state index in [1.165, 1.54) is 0 Å². The molecule has 4 rings (SSSR count). The zero-order valence-corrected chi connectivity index (χ0v) is 17.1. The maximum atomic E-state index is 13.1. The van der Waals surface area contributed by atoms with Gasteiger partial charge < -0.3 is 15.0 Å². The molecule has 29 heavy (non-hydrogen) atoms. The Labute approximate surface area is 172 Å². The average Bonchev–Trinajstić information content (AvgIpc) is 3.41. The number of hydrogen-bond acceptors (Lipinski definition) is 3. The number of ether oxygens (including phenoxy) is 1. The number of likely N-dealkylation sites (tertiary alicyclic amines) is 1. The minimum atomic E-state index is -0.0276. The fourth-order valence-corrected chi connectivity index (χ4v) is 3.79. The summed E-state index contributed by atoms with van der Waals surface area (Å²) in [6, 6.07) is 13.7. The van der Waals surface area contributed by atoms with Crippen LogP contribution in [0, 0.1) is 13.8 Å². The zero-order valence-electron chi connectivity index (χ0n) is 17.1. The van der Waals surface area contributed by atoms with Gasteiger partial charge in [-0.1, -0.05) is 17.7 Å². The monoisotopic (exact) mass is 392 g/mol. The van der Waals surface area contributed by atoms with Crippen molar-refractivity contribution in [3.8, 4) is 5.75 Å². The lowest BCUT2D eigenvalue weighted by molar-refractivity contribution is 0.0690. The Balaban J connectivity index is 1.36. The standard InChI is InChI=1S/C24H28N2O3/c1-16-5-6-17(2)22(14-16)24(28)26-13-3-4-20(26)15-29-21-11-7-18(8-12-21)23(27)25-19-9-10-19/h5-8,11-12,14,19-20H,3-4,9-10,13,15H2,1-2H3,(H,25,27)/t20-/m0/s1. The van der Waals surface area contributed by atoms with Gasteiger partial charge in [0.15, 0.2) is 0 Å². The topological polar surface area (TPSA) is 58.6 Å². The van der Waals surface area contributed by atoms with E-state index in [0.717, 1.165) is 54.7 Å². The molecular formula is C24H28N2O3. The molecule has 1 aliphatic heterocycles. The maximum Gasteiger partial charge on any atom is 0.254 e. The molecule has 2 aromatic carbocycles. The van der Waals surface area contributed by atoms with Crippen LogP contribution < -0.4 is 10.1 Å². The Morgan fingerprint density at radius 2 is 1.83 bits per heavy atom. The van der Waals surface area contributed by atoms with Crippen LogP contribution in [0.1, 0.15) is 57.5 Å². The largest absolute Gasteiger partial charge is 0.491 e. The van der Waals surface area contributed by atoms with E-state index >= 15 is 0 Å². The fourth-order valence-electron chi connectivity index (χ4n) is 3.79. The van der Waals surface area contributed by atoms with Crippen LogP contribution >= 0.6 is 0 Å². The van der Waals surface area contributed by atoms with Crippen molar-refractivity contribution in [2.24, 2.45) is 0 Å². The predicted molar refractivity (Wildman–Crippen MR) is 112 cm³/mol. The summed E-state index contributed by atoms with van der Waals surface area (Å²) in [7, 11) is 0. The van der Waals surface area contributed by atoms with E-state index in [4.69, 9.17) is 4.74 Å². The number of hydrogen-bond donors (Lipinski definition) is 1. The molecule has 1 N–H and O–H groups in total. The lowest BCUT2D eigenvalue weighted by atomic mass is 10.0. The minimum Gasteiger partial charge on any atom is -0.491 e. The molecule has 2 fully saturated rings. The van der Waals surface area contributed by atoms with E-state index < -0.39 is 0 Å². The van der Waals surface area contributed by atoms with Gasteiger partial charge in [0.2, 0.25) is 0 Å². The average molecular weight is 392 g/mol. The molecule has 5 heteroatoms. The van der Waals surface area contributed by atoms with Gasteiger partial charge in [0.05, 0.1) is 6.04 Å². The first kappa shape index (κ1) is 19.5. The normalized spacial score (nSPS) is 18.6. The predicted octanol–water partition coefficient (Wildman–Crippen LogP) is 3.88. The van der Waals surface area contributed by atoms with Crippen LogP contribution in [0.4, 0.5) is 0 Å². The molecule has 1 heterocycles. The van der Waals surface area contributed by atoms with Crippen molar-refractivity contribution in [3.05, 3.63) is 64.7 Å². The van der Waals surface area contributed by atoms with Gasteiger partial charge in [-0.2, -0.15) is 0 Å². The van der Waals surface area contributed by atoms with E-state index in [1.807, 2.05) is 49.1 Å². The molecular weight excluding hydrogens is 364 g/mol. The first-order valence-electron chi connectivity index (χ1n) is 10.4. The minimum absolute atomic E-state index is 0.0276. The first-order valence-corrected chi connectivity index (χ1v) is 10.4. The molecule has 1 saturated carbocycles. The molecule has 2 aliphatic rings. The van der Waals surface area contributed by atoms with Crippen molar-refractivity contribution in [2.45, 2.75) is 51.6 Å². The number of carbonyl (C=O) groups is 2. The number of nitrogens with zero attached hydrogens (tertiary/aromatic N) is 1. The Morgan fingerprint density at radius 3 is 2.55 bits per heavy atom. The van der Waals surface area contributed by atoms with Crippen molar-refractivity contribution in [1.82, 2.24) is 10.2 Å². The summed E-state index contributed by atoms with van der Waals surface area (Å²) >= 11 is 0. The smallest absolute Gasteiger partial charge is 0.254 e. The highest BCUT2D eigenvalue weighted by molar-refractivity contribution is 5.96. The summed E-state index contributed by atoms with van der Waals surface area (Å²) in [5.41, 5.74) is 3.53. The van der Waals surface area contributed by atoms with Gasteiger partial charge in [-0.05, 0) is 75.4 Å². The number of nitrogens with one attached hydrogen (secondary N) is 1. The summed E-state index contributed by atoms with van der Waals surface area (Å²) in [4.78, 5) is 27.1.